The smallest absolute Gasteiger partial charge is 0.255 e. The van der Waals surface area contributed by atoms with Crippen molar-refractivity contribution < 1.29 is 18.0 Å². The number of carbonyl (C=O) groups excluding carboxylic acids is 2. The zero-order valence-electron chi connectivity index (χ0n) is 16.3. The second-order valence-corrected chi connectivity index (χ2v) is 8.29. The zero-order valence-corrected chi connectivity index (χ0v) is 17.1. The molecule has 8 heteroatoms. The molecule has 0 spiro atoms. The fourth-order valence-corrected chi connectivity index (χ4v) is 3.38. The van der Waals surface area contributed by atoms with Crippen LogP contribution in [0.3, 0.4) is 0 Å². The van der Waals surface area contributed by atoms with Crippen LogP contribution in [0.25, 0.3) is 0 Å². The molecule has 3 rings (SSSR count). The summed E-state index contributed by atoms with van der Waals surface area (Å²) in [7, 11) is -3.81. The fraction of sp³-hybridized carbons (Fsp3) is 0.0909. The standard InChI is InChI=1S/C22H21N3O4S/c1-15-10-11-18(13-20(15)25-22(27)17-7-3-2-4-8-17)21(26)24-14-16-6-5-9-19(12-16)30(23,28)29/h2-13H,14H2,1H3,(H,24,26)(H,25,27)(H2,23,28,29). The summed E-state index contributed by atoms with van der Waals surface area (Å²) in [5.41, 5.74) is 2.83. The number of amides is 2. The van der Waals surface area contributed by atoms with Crippen molar-refractivity contribution in [2.45, 2.75) is 18.4 Å². The van der Waals surface area contributed by atoms with Gasteiger partial charge in [0.15, 0.2) is 0 Å². The summed E-state index contributed by atoms with van der Waals surface area (Å²) >= 11 is 0. The second kappa shape index (κ2) is 8.89. The molecule has 0 atom stereocenters. The highest BCUT2D eigenvalue weighted by Gasteiger charge is 2.12. The lowest BCUT2D eigenvalue weighted by atomic mass is 10.1. The summed E-state index contributed by atoms with van der Waals surface area (Å²) in [6, 6.07) is 19.8. The summed E-state index contributed by atoms with van der Waals surface area (Å²) < 4.78 is 22.9. The van der Waals surface area contributed by atoms with Crippen LogP contribution in [0, 0.1) is 6.92 Å². The minimum Gasteiger partial charge on any atom is -0.348 e. The van der Waals surface area contributed by atoms with Gasteiger partial charge in [0.25, 0.3) is 11.8 Å². The Morgan fingerprint density at radius 1 is 0.867 bits per heavy atom. The summed E-state index contributed by atoms with van der Waals surface area (Å²) in [5, 5.41) is 10.7. The van der Waals surface area contributed by atoms with Crippen molar-refractivity contribution in [2.75, 3.05) is 5.32 Å². The molecule has 0 unspecified atom stereocenters. The van der Waals surface area contributed by atoms with Crippen molar-refractivity contribution in [3.8, 4) is 0 Å². The van der Waals surface area contributed by atoms with Crippen molar-refractivity contribution in [1.82, 2.24) is 5.32 Å². The number of benzene rings is 3. The van der Waals surface area contributed by atoms with E-state index < -0.39 is 10.0 Å². The average Bonchev–Trinajstić information content (AvgIpc) is 2.73. The molecule has 0 aliphatic carbocycles. The molecule has 0 radical (unpaired) electrons. The van der Waals surface area contributed by atoms with Crippen LogP contribution >= 0.6 is 0 Å². The number of nitrogens with two attached hydrogens (primary N) is 1. The van der Waals surface area contributed by atoms with E-state index in [4.69, 9.17) is 5.14 Å². The Kier molecular flexibility index (Phi) is 6.29. The molecule has 0 heterocycles. The van der Waals surface area contributed by atoms with Crippen molar-refractivity contribution >= 4 is 27.5 Å². The first kappa shape index (κ1) is 21.2. The van der Waals surface area contributed by atoms with Crippen LogP contribution in [0.2, 0.25) is 0 Å². The molecule has 0 bridgehead atoms. The van der Waals surface area contributed by atoms with Gasteiger partial charge in [0.1, 0.15) is 0 Å². The van der Waals surface area contributed by atoms with Crippen LogP contribution in [0.15, 0.2) is 77.7 Å². The Morgan fingerprint density at radius 2 is 1.60 bits per heavy atom. The maximum Gasteiger partial charge on any atom is 0.255 e. The Hall–Kier alpha value is -3.49. The van der Waals surface area contributed by atoms with E-state index in [2.05, 4.69) is 10.6 Å². The lowest BCUT2D eigenvalue weighted by molar-refractivity contribution is 0.0949. The Balaban J connectivity index is 1.71. The molecular weight excluding hydrogens is 402 g/mol. The van der Waals surface area contributed by atoms with Crippen LogP contribution in [0.1, 0.15) is 31.8 Å². The number of nitrogens with one attached hydrogen (secondary N) is 2. The molecule has 0 aliphatic rings. The predicted molar refractivity (Wildman–Crippen MR) is 115 cm³/mol. The minimum absolute atomic E-state index is 0.0181. The van der Waals surface area contributed by atoms with Crippen molar-refractivity contribution in [1.29, 1.82) is 0 Å². The summed E-state index contributed by atoms with van der Waals surface area (Å²) in [6.07, 6.45) is 0. The first-order valence-electron chi connectivity index (χ1n) is 9.11. The van der Waals surface area contributed by atoms with Gasteiger partial charge in [-0.1, -0.05) is 36.4 Å². The van der Waals surface area contributed by atoms with Gasteiger partial charge in [0, 0.05) is 23.4 Å². The first-order chi connectivity index (χ1) is 14.2. The second-order valence-electron chi connectivity index (χ2n) is 6.72. The van der Waals surface area contributed by atoms with Crippen molar-refractivity contribution in [3.63, 3.8) is 0 Å². The summed E-state index contributed by atoms with van der Waals surface area (Å²) in [5.74, 6) is -0.623. The molecule has 7 nitrogen and oxygen atoms in total. The highest BCUT2D eigenvalue weighted by Crippen LogP contribution is 2.18. The van der Waals surface area contributed by atoms with E-state index in [0.29, 0.717) is 22.4 Å². The predicted octanol–water partition coefficient (Wildman–Crippen LogP) is 2.82. The largest absolute Gasteiger partial charge is 0.348 e. The van der Waals surface area contributed by atoms with Crippen LogP contribution < -0.4 is 15.8 Å². The molecule has 3 aromatic rings. The molecule has 0 aliphatic heterocycles. The fourth-order valence-electron chi connectivity index (χ4n) is 2.80. The number of rotatable bonds is 6. The van der Waals surface area contributed by atoms with Gasteiger partial charge in [-0.15, -0.1) is 0 Å². The van der Waals surface area contributed by atoms with E-state index in [1.165, 1.54) is 12.1 Å². The Morgan fingerprint density at radius 3 is 2.30 bits per heavy atom. The van der Waals surface area contributed by atoms with Gasteiger partial charge >= 0.3 is 0 Å². The van der Waals surface area contributed by atoms with Crippen LogP contribution in [-0.4, -0.2) is 20.2 Å². The third-order valence-corrected chi connectivity index (χ3v) is 5.37. The quantitative estimate of drug-likeness (QED) is 0.565. The number of aryl methyl sites for hydroxylation is 1. The SMILES string of the molecule is Cc1ccc(C(=O)NCc2cccc(S(N)(=O)=O)c2)cc1NC(=O)c1ccccc1. The highest BCUT2D eigenvalue weighted by atomic mass is 32.2. The number of hydrogen-bond acceptors (Lipinski definition) is 4. The number of primary sulfonamides is 1. The van der Waals surface area contributed by atoms with Crippen LogP contribution in [0.4, 0.5) is 5.69 Å². The molecular formula is C22H21N3O4S. The maximum absolute atomic E-state index is 12.6. The van der Waals surface area contributed by atoms with Gasteiger partial charge < -0.3 is 10.6 Å². The Bertz CT molecular complexity index is 1190. The first-order valence-corrected chi connectivity index (χ1v) is 10.7. The van der Waals surface area contributed by atoms with Gasteiger partial charge in [-0.05, 0) is 54.4 Å². The van der Waals surface area contributed by atoms with E-state index in [-0.39, 0.29) is 23.3 Å². The average molecular weight is 423 g/mol. The summed E-state index contributed by atoms with van der Waals surface area (Å²) in [6.45, 7) is 1.96. The van der Waals surface area contributed by atoms with Crippen LogP contribution in [0.5, 0.6) is 0 Å². The molecule has 154 valence electrons. The van der Waals surface area contributed by atoms with Gasteiger partial charge in [-0.2, -0.15) is 0 Å². The Labute approximate surface area is 175 Å². The number of hydrogen-bond donors (Lipinski definition) is 3. The normalized spacial score (nSPS) is 11.0. The van der Waals surface area contributed by atoms with Gasteiger partial charge in [-0.3, -0.25) is 9.59 Å². The van der Waals surface area contributed by atoms with Crippen LogP contribution in [-0.2, 0) is 16.6 Å². The van der Waals surface area contributed by atoms with Crippen molar-refractivity contribution in [2.24, 2.45) is 5.14 Å². The molecule has 2 amide bonds. The third kappa shape index (κ3) is 5.31. The van der Waals surface area contributed by atoms with Gasteiger partial charge in [0.05, 0.1) is 4.90 Å². The summed E-state index contributed by atoms with van der Waals surface area (Å²) in [4.78, 5) is 24.9. The third-order valence-electron chi connectivity index (χ3n) is 4.46. The highest BCUT2D eigenvalue weighted by molar-refractivity contribution is 7.89. The zero-order chi connectivity index (χ0) is 21.7. The van der Waals surface area contributed by atoms with Gasteiger partial charge in [0.2, 0.25) is 10.0 Å². The van der Waals surface area contributed by atoms with E-state index >= 15 is 0 Å². The maximum atomic E-state index is 12.6. The van der Waals surface area contributed by atoms with E-state index in [0.717, 1.165) is 5.56 Å². The molecule has 4 N–H and O–H groups in total. The number of anilines is 1. The monoisotopic (exact) mass is 423 g/mol. The lowest BCUT2D eigenvalue weighted by Crippen LogP contribution is -2.23. The molecule has 3 aromatic carbocycles. The molecule has 0 saturated carbocycles. The van der Waals surface area contributed by atoms with Crippen molar-refractivity contribution in [3.05, 3.63) is 95.1 Å². The molecule has 0 fully saturated rings. The number of sulfonamides is 1. The lowest BCUT2D eigenvalue weighted by Gasteiger charge is -2.11. The van der Waals surface area contributed by atoms with Gasteiger partial charge in [-0.25, -0.2) is 13.6 Å². The molecule has 0 saturated heterocycles. The van der Waals surface area contributed by atoms with E-state index in [9.17, 15) is 18.0 Å². The number of carbonyl (C=O) groups is 2. The topological polar surface area (TPSA) is 118 Å². The minimum atomic E-state index is -3.81. The van der Waals surface area contributed by atoms with E-state index in [1.807, 2.05) is 13.0 Å². The molecule has 0 aromatic heterocycles. The van der Waals surface area contributed by atoms with E-state index in [1.54, 1.807) is 54.6 Å². The molecule has 30 heavy (non-hydrogen) atoms.